The van der Waals surface area contributed by atoms with Crippen molar-refractivity contribution in [1.82, 2.24) is 15.1 Å². The normalized spacial score (nSPS) is 21.4. The average Bonchev–Trinajstić information content (AvgIpc) is 3.20. The fourth-order valence-electron chi connectivity index (χ4n) is 3.80. The van der Waals surface area contributed by atoms with Gasteiger partial charge in [-0.2, -0.15) is 0 Å². The summed E-state index contributed by atoms with van der Waals surface area (Å²) in [5, 5.41) is 3.46. The second-order valence-corrected chi connectivity index (χ2v) is 9.55. The maximum Gasteiger partial charge on any atom is 0.410 e. The number of nitrogens with one attached hydrogen (secondary N) is 1. The second kappa shape index (κ2) is 13.7. The lowest BCUT2D eigenvalue weighted by atomic mass is 10.1. The fourth-order valence-corrected chi connectivity index (χ4v) is 3.80. The number of ether oxygens (including phenoxy) is 3. The number of likely N-dealkylation sites (tertiary alicyclic amines) is 1. The molecule has 1 N–H and O–H groups in total. The van der Waals surface area contributed by atoms with Crippen LogP contribution >= 0.6 is 24.0 Å². The van der Waals surface area contributed by atoms with Gasteiger partial charge < -0.3 is 29.3 Å². The summed E-state index contributed by atoms with van der Waals surface area (Å²) in [6.07, 6.45) is 4.60. The Kier molecular flexibility index (Phi) is 12.4. The van der Waals surface area contributed by atoms with Gasteiger partial charge in [-0.15, -0.1) is 24.0 Å². The largest absolute Gasteiger partial charge is 0.444 e. The topological polar surface area (TPSA) is 75.6 Å². The highest BCUT2D eigenvalue weighted by Crippen LogP contribution is 2.18. The molecule has 0 aromatic heterocycles. The molecule has 2 rings (SSSR count). The van der Waals surface area contributed by atoms with Gasteiger partial charge in [0, 0.05) is 46.9 Å². The molecule has 0 saturated carbocycles. The van der Waals surface area contributed by atoms with Crippen molar-refractivity contribution in [2.45, 2.75) is 71.2 Å². The highest BCUT2D eigenvalue weighted by atomic mass is 127. The maximum atomic E-state index is 12.1. The minimum Gasteiger partial charge on any atom is -0.444 e. The zero-order valence-electron chi connectivity index (χ0n) is 20.2. The van der Waals surface area contributed by atoms with Crippen molar-refractivity contribution < 1.29 is 19.0 Å². The van der Waals surface area contributed by atoms with Crippen LogP contribution in [-0.4, -0.2) is 93.1 Å². The summed E-state index contributed by atoms with van der Waals surface area (Å²) in [4.78, 5) is 20.5. The Hall–Kier alpha value is -0.810. The Bertz CT molecular complexity index is 556. The highest BCUT2D eigenvalue weighted by molar-refractivity contribution is 14.0. The van der Waals surface area contributed by atoms with E-state index in [0.717, 1.165) is 64.5 Å². The lowest BCUT2D eigenvalue weighted by molar-refractivity contribution is -0.0367. The van der Waals surface area contributed by atoms with E-state index >= 15 is 0 Å². The third-order valence-corrected chi connectivity index (χ3v) is 5.39. The first-order chi connectivity index (χ1) is 14.2. The monoisotopic (exact) mass is 554 g/mol. The number of amides is 1. The molecule has 2 saturated heterocycles. The third kappa shape index (κ3) is 10.6. The Labute approximate surface area is 205 Å². The van der Waals surface area contributed by atoms with E-state index in [0.29, 0.717) is 12.6 Å². The first kappa shape index (κ1) is 28.2. The average molecular weight is 555 g/mol. The number of aliphatic imine (C=N–C) groups is 1. The molecule has 31 heavy (non-hydrogen) atoms. The van der Waals surface area contributed by atoms with Gasteiger partial charge in [0.2, 0.25) is 0 Å². The van der Waals surface area contributed by atoms with Crippen LogP contribution in [0.15, 0.2) is 4.99 Å². The third-order valence-electron chi connectivity index (χ3n) is 5.39. The van der Waals surface area contributed by atoms with Gasteiger partial charge in [-0.1, -0.05) is 6.92 Å². The van der Waals surface area contributed by atoms with Crippen LogP contribution in [0.3, 0.4) is 0 Å². The quantitative estimate of drug-likeness (QED) is 0.296. The first-order valence-electron chi connectivity index (χ1n) is 11.3. The van der Waals surface area contributed by atoms with Crippen molar-refractivity contribution >= 4 is 36.0 Å². The van der Waals surface area contributed by atoms with Crippen LogP contribution < -0.4 is 5.32 Å². The SMILES string of the molecule is CN=C(NCC(C)CN(C)C(=O)OC(C)(C)C)N1CCC(OCC2CCCO2)CC1.I. The zero-order chi connectivity index (χ0) is 22.1. The van der Waals surface area contributed by atoms with Crippen LogP contribution in [0.4, 0.5) is 4.79 Å². The van der Waals surface area contributed by atoms with Gasteiger partial charge in [0.05, 0.1) is 18.8 Å². The summed E-state index contributed by atoms with van der Waals surface area (Å²) in [6, 6.07) is 0. The number of rotatable bonds is 7. The van der Waals surface area contributed by atoms with E-state index in [2.05, 4.69) is 22.1 Å². The molecule has 2 aliphatic rings. The van der Waals surface area contributed by atoms with Gasteiger partial charge in [0.25, 0.3) is 0 Å². The molecule has 2 unspecified atom stereocenters. The van der Waals surface area contributed by atoms with E-state index in [1.165, 1.54) is 0 Å². The van der Waals surface area contributed by atoms with E-state index in [1.807, 2.05) is 27.8 Å². The molecule has 0 aromatic carbocycles. The molecular weight excluding hydrogens is 511 g/mol. The first-order valence-corrected chi connectivity index (χ1v) is 11.3. The fraction of sp³-hybridized carbons (Fsp3) is 0.909. The van der Waals surface area contributed by atoms with Gasteiger partial charge in [-0.05, 0) is 52.4 Å². The van der Waals surface area contributed by atoms with Crippen LogP contribution in [0.2, 0.25) is 0 Å². The van der Waals surface area contributed by atoms with Crippen molar-refractivity contribution in [3.05, 3.63) is 0 Å². The Balaban J connectivity index is 0.00000480. The van der Waals surface area contributed by atoms with Gasteiger partial charge in [-0.3, -0.25) is 4.99 Å². The number of carbonyl (C=O) groups excluding carboxylic acids is 1. The number of nitrogens with zero attached hydrogens (tertiary/aromatic N) is 3. The molecule has 2 aliphatic heterocycles. The Morgan fingerprint density at radius 2 is 1.97 bits per heavy atom. The van der Waals surface area contributed by atoms with Crippen LogP contribution in [0.1, 0.15) is 53.4 Å². The van der Waals surface area contributed by atoms with E-state index in [9.17, 15) is 4.79 Å². The molecule has 0 aromatic rings. The van der Waals surface area contributed by atoms with Gasteiger partial charge in [-0.25, -0.2) is 4.79 Å². The number of guanidine groups is 1. The van der Waals surface area contributed by atoms with Crippen LogP contribution in [0, 0.1) is 5.92 Å². The summed E-state index contributed by atoms with van der Waals surface area (Å²) >= 11 is 0. The van der Waals surface area contributed by atoms with Gasteiger partial charge in [0.1, 0.15) is 5.60 Å². The summed E-state index contributed by atoms with van der Waals surface area (Å²) in [7, 11) is 3.60. The molecule has 0 bridgehead atoms. The Morgan fingerprint density at radius 3 is 2.52 bits per heavy atom. The van der Waals surface area contributed by atoms with Gasteiger partial charge >= 0.3 is 6.09 Å². The molecule has 1 amide bonds. The number of hydrogen-bond acceptors (Lipinski definition) is 5. The zero-order valence-corrected chi connectivity index (χ0v) is 22.5. The molecule has 2 fully saturated rings. The van der Waals surface area contributed by atoms with E-state index in [4.69, 9.17) is 14.2 Å². The van der Waals surface area contributed by atoms with Gasteiger partial charge in [0.15, 0.2) is 5.96 Å². The van der Waals surface area contributed by atoms with E-state index in [1.54, 1.807) is 11.9 Å². The van der Waals surface area contributed by atoms with Crippen LogP contribution in [0.5, 0.6) is 0 Å². The van der Waals surface area contributed by atoms with E-state index in [-0.39, 0.29) is 42.1 Å². The number of piperidine rings is 1. The minimum atomic E-state index is -0.477. The molecule has 9 heteroatoms. The van der Waals surface area contributed by atoms with Crippen molar-refractivity contribution in [3.63, 3.8) is 0 Å². The molecule has 0 spiro atoms. The van der Waals surface area contributed by atoms with Crippen molar-refractivity contribution in [1.29, 1.82) is 0 Å². The number of carbonyl (C=O) groups is 1. The predicted octanol–water partition coefficient (Wildman–Crippen LogP) is 3.34. The molecular formula is C22H43IN4O4. The van der Waals surface area contributed by atoms with Crippen LogP contribution in [0.25, 0.3) is 0 Å². The standard InChI is InChI=1S/C22H42N4O4.HI/c1-17(15-25(6)21(27)30-22(2,3)4)14-24-20(23-5)26-11-9-18(10-12-26)29-16-19-8-7-13-28-19;/h17-19H,7-16H2,1-6H3,(H,23,24);1H. The van der Waals surface area contributed by atoms with Crippen molar-refractivity contribution in [3.8, 4) is 0 Å². The number of hydrogen-bond donors (Lipinski definition) is 1. The maximum absolute atomic E-state index is 12.1. The molecule has 0 aliphatic carbocycles. The summed E-state index contributed by atoms with van der Waals surface area (Å²) in [5.41, 5.74) is -0.477. The molecule has 2 atom stereocenters. The summed E-state index contributed by atoms with van der Waals surface area (Å²) in [6.45, 7) is 12.6. The van der Waals surface area contributed by atoms with E-state index < -0.39 is 5.60 Å². The summed E-state index contributed by atoms with van der Waals surface area (Å²) < 4.78 is 17.1. The summed E-state index contributed by atoms with van der Waals surface area (Å²) in [5.74, 6) is 1.19. The van der Waals surface area contributed by atoms with Crippen molar-refractivity contribution in [2.24, 2.45) is 10.9 Å². The molecule has 182 valence electrons. The Morgan fingerprint density at radius 1 is 1.29 bits per heavy atom. The predicted molar refractivity (Wildman–Crippen MR) is 134 cm³/mol. The number of halogens is 1. The van der Waals surface area contributed by atoms with Crippen LogP contribution in [-0.2, 0) is 14.2 Å². The smallest absolute Gasteiger partial charge is 0.410 e. The van der Waals surface area contributed by atoms with Crippen molar-refractivity contribution in [2.75, 3.05) is 53.5 Å². The second-order valence-electron chi connectivity index (χ2n) is 9.55. The molecule has 8 nitrogen and oxygen atoms in total. The molecule has 0 radical (unpaired) electrons. The molecule has 2 heterocycles. The highest BCUT2D eigenvalue weighted by Gasteiger charge is 2.25. The lowest BCUT2D eigenvalue weighted by Gasteiger charge is -2.35. The lowest BCUT2D eigenvalue weighted by Crippen LogP contribution is -2.48. The minimum absolute atomic E-state index is 0.